The number of carbonyl (C=O) groups excluding carboxylic acids is 1. The van der Waals surface area contributed by atoms with Crippen molar-refractivity contribution in [2.45, 2.75) is 24.7 Å². The molecule has 7 nitrogen and oxygen atoms in total. The van der Waals surface area contributed by atoms with Crippen molar-refractivity contribution in [2.24, 2.45) is 5.73 Å². The number of amides is 1. The first kappa shape index (κ1) is 19.8. The molecule has 0 unspecified atom stereocenters. The van der Waals surface area contributed by atoms with Gasteiger partial charge in [-0.15, -0.1) is 0 Å². The fourth-order valence-corrected chi connectivity index (χ4v) is 4.17. The number of hydrogen-bond acceptors (Lipinski definition) is 5. The van der Waals surface area contributed by atoms with Crippen molar-refractivity contribution in [3.63, 3.8) is 0 Å². The highest BCUT2D eigenvalue weighted by Crippen LogP contribution is 2.18. The normalized spacial score (nSPS) is 16.7. The highest BCUT2D eigenvalue weighted by atomic mass is 32.2. The number of hydrogen-bond donors (Lipinski definition) is 2. The highest BCUT2D eigenvalue weighted by molar-refractivity contribution is 7.89. The van der Waals surface area contributed by atoms with Gasteiger partial charge in [0.05, 0.1) is 11.4 Å². The number of benzene rings is 1. The molecule has 1 aromatic carbocycles. The molecule has 1 aliphatic rings. The fraction of sp³-hybridized carbons (Fsp3) is 0.588. The SMILES string of the molecule is Cc1ccc(S(=O)(=O)N2CCN(CC(=O)NCCCCN)CC2)cc1. The summed E-state index contributed by atoms with van der Waals surface area (Å²) in [5.41, 5.74) is 6.45. The minimum atomic E-state index is -3.46. The van der Waals surface area contributed by atoms with Gasteiger partial charge in [-0.3, -0.25) is 9.69 Å². The van der Waals surface area contributed by atoms with Crippen LogP contribution >= 0.6 is 0 Å². The predicted octanol–water partition coefficient (Wildman–Crippen LogP) is 0.156. The third-order valence-electron chi connectivity index (χ3n) is 4.31. The Morgan fingerprint density at radius 1 is 1.12 bits per heavy atom. The zero-order chi connectivity index (χ0) is 18.3. The maximum Gasteiger partial charge on any atom is 0.243 e. The van der Waals surface area contributed by atoms with E-state index in [-0.39, 0.29) is 5.91 Å². The summed E-state index contributed by atoms with van der Waals surface area (Å²) in [7, 11) is -3.46. The second kappa shape index (κ2) is 9.28. The molecule has 1 aliphatic heterocycles. The van der Waals surface area contributed by atoms with Gasteiger partial charge in [0, 0.05) is 32.7 Å². The second-order valence-electron chi connectivity index (χ2n) is 6.34. The molecule has 0 bridgehead atoms. The zero-order valence-corrected chi connectivity index (χ0v) is 15.6. The number of nitrogens with zero attached hydrogens (tertiary/aromatic N) is 2. The number of aryl methyl sites for hydroxylation is 1. The van der Waals surface area contributed by atoms with Crippen molar-refractivity contribution in [2.75, 3.05) is 45.8 Å². The molecular weight excluding hydrogens is 340 g/mol. The average molecular weight is 369 g/mol. The number of carbonyl (C=O) groups is 1. The Morgan fingerprint density at radius 3 is 2.36 bits per heavy atom. The monoisotopic (exact) mass is 368 g/mol. The Balaban J connectivity index is 1.81. The molecule has 0 saturated carbocycles. The molecule has 8 heteroatoms. The molecule has 1 heterocycles. The molecule has 1 aromatic rings. The Bertz CT molecular complexity index is 653. The summed E-state index contributed by atoms with van der Waals surface area (Å²) >= 11 is 0. The van der Waals surface area contributed by atoms with Crippen molar-refractivity contribution in [1.82, 2.24) is 14.5 Å². The van der Waals surface area contributed by atoms with Crippen molar-refractivity contribution < 1.29 is 13.2 Å². The van der Waals surface area contributed by atoms with E-state index in [1.54, 1.807) is 24.3 Å². The average Bonchev–Trinajstić information content (AvgIpc) is 2.60. The smallest absolute Gasteiger partial charge is 0.243 e. The molecule has 3 N–H and O–H groups in total. The molecule has 140 valence electrons. The largest absolute Gasteiger partial charge is 0.355 e. The Labute approximate surface area is 150 Å². The van der Waals surface area contributed by atoms with Gasteiger partial charge in [0.15, 0.2) is 0 Å². The van der Waals surface area contributed by atoms with Gasteiger partial charge in [0.1, 0.15) is 0 Å². The summed E-state index contributed by atoms with van der Waals surface area (Å²) in [5, 5.41) is 2.87. The standard InChI is InChI=1S/C17H28N4O3S/c1-15-4-6-16(7-5-15)25(23,24)21-12-10-20(11-13-21)14-17(22)19-9-3-2-8-18/h4-7H,2-3,8-14,18H2,1H3,(H,19,22). The summed E-state index contributed by atoms with van der Waals surface area (Å²) in [6.07, 6.45) is 1.78. The van der Waals surface area contributed by atoms with Gasteiger partial charge in [-0.1, -0.05) is 17.7 Å². The molecule has 2 rings (SSSR count). The molecule has 0 aliphatic carbocycles. The Kier molecular flexibility index (Phi) is 7.37. The molecule has 0 atom stereocenters. The van der Waals surface area contributed by atoms with Crippen LogP contribution in [0.3, 0.4) is 0 Å². The Hall–Kier alpha value is -1.48. The van der Waals surface area contributed by atoms with Crippen molar-refractivity contribution in [1.29, 1.82) is 0 Å². The number of rotatable bonds is 8. The van der Waals surface area contributed by atoms with E-state index in [1.807, 2.05) is 11.8 Å². The highest BCUT2D eigenvalue weighted by Gasteiger charge is 2.28. The van der Waals surface area contributed by atoms with Crippen LogP contribution in [0.25, 0.3) is 0 Å². The minimum Gasteiger partial charge on any atom is -0.355 e. The lowest BCUT2D eigenvalue weighted by atomic mass is 10.2. The molecule has 1 amide bonds. The number of piperazine rings is 1. The van der Waals surface area contributed by atoms with Crippen LogP contribution in [0.4, 0.5) is 0 Å². The number of sulfonamides is 1. The van der Waals surface area contributed by atoms with E-state index in [4.69, 9.17) is 5.73 Å². The summed E-state index contributed by atoms with van der Waals surface area (Å²) < 4.78 is 26.8. The van der Waals surface area contributed by atoms with Crippen LogP contribution in [0.5, 0.6) is 0 Å². The van der Waals surface area contributed by atoms with E-state index in [0.717, 1.165) is 18.4 Å². The molecule has 0 spiro atoms. The van der Waals surface area contributed by atoms with E-state index in [1.165, 1.54) is 4.31 Å². The maximum atomic E-state index is 12.6. The van der Waals surface area contributed by atoms with Crippen molar-refractivity contribution in [3.05, 3.63) is 29.8 Å². The van der Waals surface area contributed by atoms with Crippen LogP contribution < -0.4 is 11.1 Å². The molecule has 1 saturated heterocycles. The number of nitrogens with two attached hydrogens (primary N) is 1. The van der Waals surface area contributed by atoms with Gasteiger partial charge in [-0.05, 0) is 38.4 Å². The number of nitrogens with one attached hydrogen (secondary N) is 1. The number of unbranched alkanes of at least 4 members (excludes halogenated alkanes) is 1. The van der Waals surface area contributed by atoms with Gasteiger partial charge in [-0.2, -0.15) is 4.31 Å². The lowest BCUT2D eigenvalue weighted by molar-refractivity contribution is -0.122. The van der Waals surface area contributed by atoms with Crippen LogP contribution in [-0.4, -0.2) is 69.3 Å². The van der Waals surface area contributed by atoms with E-state index in [2.05, 4.69) is 5.32 Å². The van der Waals surface area contributed by atoms with E-state index >= 15 is 0 Å². The molecule has 25 heavy (non-hydrogen) atoms. The predicted molar refractivity (Wildman–Crippen MR) is 97.7 cm³/mol. The van der Waals surface area contributed by atoms with Crippen LogP contribution in [0.15, 0.2) is 29.2 Å². The third-order valence-corrected chi connectivity index (χ3v) is 6.22. The molecule has 0 aromatic heterocycles. The van der Waals surface area contributed by atoms with E-state index in [0.29, 0.717) is 50.7 Å². The van der Waals surface area contributed by atoms with Gasteiger partial charge >= 0.3 is 0 Å². The molecular formula is C17H28N4O3S. The topological polar surface area (TPSA) is 95.7 Å². The quantitative estimate of drug-likeness (QED) is 0.637. The summed E-state index contributed by atoms with van der Waals surface area (Å²) in [4.78, 5) is 14.2. The first-order chi connectivity index (χ1) is 11.9. The lowest BCUT2D eigenvalue weighted by Crippen LogP contribution is -2.51. The van der Waals surface area contributed by atoms with Crippen molar-refractivity contribution >= 4 is 15.9 Å². The van der Waals surface area contributed by atoms with Crippen LogP contribution in [0.1, 0.15) is 18.4 Å². The summed E-state index contributed by atoms with van der Waals surface area (Å²) in [6, 6.07) is 6.90. The fourth-order valence-electron chi connectivity index (χ4n) is 2.74. The first-order valence-corrected chi connectivity index (χ1v) is 10.1. The van der Waals surface area contributed by atoms with Crippen LogP contribution in [0.2, 0.25) is 0 Å². The molecule has 0 radical (unpaired) electrons. The van der Waals surface area contributed by atoms with Crippen LogP contribution in [0, 0.1) is 6.92 Å². The van der Waals surface area contributed by atoms with E-state index < -0.39 is 10.0 Å². The summed E-state index contributed by atoms with van der Waals surface area (Å²) in [5.74, 6) is -0.0214. The van der Waals surface area contributed by atoms with E-state index in [9.17, 15) is 13.2 Å². The summed E-state index contributed by atoms with van der Waals surface area (Å²) in [6.45, 7) is 5.42. The van der Waals surface area contributed by atoms with Crippen molar-refractivity contribution in [3.8, 4) is 0 Å². The second-order valence-corrected chi connectivity index (χ2v) is 8.28. The minimum absolute atomic E-state index is 0.0214. The van der Waals surface area contributed by atoms with Gasteiger partial charge in [0.25, 0.3) is 0 Å². The van der Waals surface area contributed by atoms with Gasteiger partial charge in [-0.25, -0.2) is 8.42 Å². The maximum absolute atomic E-state index is 12.6. The molecule has 1 fully saturated rings. The Morgan fingerprint density at radius 2 is 1.76 bits per heavy atom. The van der Waals surface area contributed by atoms with Gasteiger partial charge < -0.3 is 11.1 Å². The van der Waals surface area contributed by atoms with Crippen LogP contribution in [-0.2, 0) is 14.8 Å². The zero-order valence-electron chi connectivity index (χ0n) is 14.8. The van der Waals surface area contributed by atoms with Gasteiger partial charge in [0.2, 0.25) is 15.9 Å². The lowest BCUT2D eigenvalue weighted by Gasteiger charge is -2.33. The third kappa shape index (κ3) is 5.78. The first-order valence-electron chi connectivity index (χ1n) is 8.69.